The number of halogens is 4. The van der Waals surface area contributed by atoms with Crippen molar-refractivity contribution in [1.29, 1.82) is 0 Å². The smallest absolute Gasteiger partial charge is 0.505 e. The van der Waals surface area contributed by atoms with Gasteiger partial charge in [0.1, 0.15) is 5.75 Å². The van der Waals surface area contributed by atoms with Crippen LogP contribution in [0.3, 0.4) is 0 Å². The molecule has 4 nitrogen and oxygen atoms in total. The Morgan fingerprint density at radius 1 is 1.07 bits per heavy atom. The zero-order chi connectivity index (χ0) is 19.6. The molecule has 3 rings (SSSR count). The standard InChI is InChI=1S/C19H20F4N2O2/c1-12-2-7-15(20)18(26)16(12)17(25-10-8-24-9-11-25)13-3-5-14(6-4-13)27-19(21,22)23/h2-7,17,24,26H,8-11H2,1H3/t17-/m1/s1. The van der Waals surface area contributed by atoms with Gasteiger partial charge in [0.05, 0.1) is 6.04 Å². The van der Waals surface area contributed by atoms with Crippen molar-refractivity contribution in [3.63, 3.8) is 0 Å². The Morgan fingerprint density at radius 3 is 2.30 bits per heavy atom. The van der Waals surface area contributed by atoms with Crippen LogP contribution in [0.4, 0.5) is 17.6 Å². The first kappa shape index (κ1) is 19.4. The van der Waals surface area contributed by atoms with Crippen LogP contribution < -0.4 is 10.1 Å². The molecule has 0 saturated carbocycles. The van der Waals surface area contributed by atoms with Gasteiger partial charge in [0.15, 0.2) is 11.6 Å². The highest BCUT2D eigenvalue weighted by Gasteiger charge is 2.32. The number of aromatic hydroxyl groups is 1. The highest BCUT2D eigenvalue weighted by atomic mass is 19.4. The predicted molar refractivity (Wildman–Crippen MR) is 92.2 cm³/mol. The summed E-state index contributed by atoms with van der Waals surface area (Å²) in [6, 6.07) is 7.77. The zero-order valence-electron chi connectivity index (χ0n) is 14.7. The van der Waals surface area contributed by atoms with Crippen LogP contribution in [0.1, 0.15) is 22.7 Å². The van der Waals surface area contributed by atoms with Gasteiger partial charge in [-0.15, -0.1) is 13.2 Å². The van der Waals surface area contributed by atoms with Crippen LogP contribution in [-0.2, 0) is 0 Å². The lowest BCUT2D eigenvalue weighted by Gasteiger charge is -2.36. The fourth-order valence-corrected chi connectivity index (χ4v) is 3.38. The van der Waals surface area contributed by atoms with Crippen LogP contribution in [0.5, 0.6) is 11.5 Å². The number of nitrogens with one attached hydrogen (secondary N) is 1. The third-order valence-electron chi connectivity index (χ3n) is 4.61. The molecule has 146 valence electrons. The minimum atomic E-state index is -4.77. The van der Waals surface area contributed by atoms with Gasteiger partial charge in [-0.1, -0.05) is 18.2 Å². The molecule has 2 aromatic carbocycles. The van der Waals surface area contributed by atoms with E-state index in [1.165, 1.54) is 30.3 Å². The molecule has 0 bridgehead atoms. The Kier molecular flexibility index (Phi) is 5.57. The highest BCUT2D eigenvalue weighted by molar-refractivity contribution is 5.47. The van der Waals surface area contributed by atoms with Gasteiger partial charge in [0.2, 0.25) is 0 Å². The molecule has 27 heavy (non-hydrogen) atoms. The van der Waals surface area contributed by atoms with E-state index in [1.54, 1.807) is 13.0 Å². The van der Waals surface area contributed by atoms with Crippen molar-refractivity contribution < 1.29 is 27.4 Å². The van der Waals surface area contributed by atoms with Crippen LogP contribution in [0.15, 0.2) is 36.4 Å². The third-order valence-corrected chi connectivity index (χ3v) is 4.61. The largest absolute Gasteiger partial charge is 0.573 e. The summed E-state index contributed by atoms with van der Waals surface area (Å²) < 4.78 is 55.1. The third kappa shape index (κ3) is 4.51. The number of nitrogens with zero attached hydrogens (tertiary/aromatic N) is 1. The number of alkyl halides is 3. The first-order valence-corrected chi connectivity index (χ1v) is 8.54. The highest BCUT2D eigenvalue weighted by Crippen LogP contribution is 2.38. The Bertz CT molecular complexity index is 788. The molecule has 2 N–H and O–H groups in total. The number of phenols is 1. The topological polar surface area (TPSA) is 44.7 Å². The number of benzene rings is 2. The molecule has 1 atom stereocenters. The van der Waals surface area contributed by atoms with Gasteiger partial charge in [-0.3, -0.25) is 4.90 Å². The summed E-state index contributed by atoms with van der Waals surface area (Å²) in [4.78, 5) is 2.07. The molecule has 0 unspecified atom stereocenters. The van der Waals surface area contributed by atoms with Gasteiger partial charge in [0.25, 0.3) is 0 Å². The van der Waals surface area contributed by atoms with Gasteiger partial charge in [-0.2, -0.15) is 0 Å². The predicted octanol–water partition coefficient (Wildman–Crippen LogP) is 3.73. The molecule has 0 aliphatic carbocycles. The molecule has 1 saturated heterocycles. The summed E-state index contributed by atoms with van der Waals surface area (Å²) in [5.41, 5.74) is 1.77. The number of rotatable bonds is 4. The van der Waals surface area contributed by atoms with Crippen LogP contribution in [-0.4, -0.2) is 42.5 Å². The van der Waals surface area contributed by atoms with Crippen molar-refractivity contribution in [1.82, 2.24) is 10.2 Å². The quantitative estimate of drug-likeness (QED) is 0.789. The summed E-state index contributed by atoms with van der Waals surface area (Å²) in [5.74, 6) is -1.49. The summed E-state index contributed by atoms with van der Waals surface area (Å²) in [6.07, 6.45) is -4.77. The van der Waals surface area contributed by atoms with Crippen molar-refractivity contribution >= 4 is 0 Å². The molecule has 0 radical (unpaired) electrons. The lowest BCUT2D eigenvalue weighted by atomic mass is 9.92. The van der Waals surface area contributed by atoms with Crippen molar-refractivity contribution in [2.75, 3.05) is 26.2 Å². The van der Waals surface area contributed by atoms with Crippen molar-refractivity contribution in [3.8, 4) is 11.5 Å². The fourth-order valence-electron chi connectivity index (χ4n) is 3.38. The normalized spacial score (nSPS) is 16.9. The Morgan fingerprint density at radius 2 is 1.70 bits per heavy atom. The number of hydrogen-bond acceptors (Lipinski definition) is 4. The van der Waals surface area contributed by atoms with E-state index >= 15 is 0 Å². The molecule has 1 aliphatic heterocycles. The first-order valence-electron chi connectivity index (χ1n) is 8.54. The molecule has 1 heterocycles. The Balaban J connectivity index is 2.02. The fraction of sp³-hybridized carbons (Fsp3) is 0.368. The molecule has 0 spiro atoms. The maximum atomic E-state index is 14.0. The molecular weight excluding hydrogens is 364 g/mol. The molecular formula is C19H20F4N2O2. The van der Waals surface area contributed by atoms with Crippen LogP contribution in [0.25, 0.3) is 0 Å². The van der Waals surface area contributed by atoms with E-state index in [0.717, 1.165) is 13.1 Å². The number of hydrogen-bond donors (Lipinski definition) is 2. The number of piperazine rings is 1. The summed E-state index contributed by atoms with van der Waals surface area (Å²) in [7, 11) is 0. The second-order valence-corrected chi connectivity index (χ2v) is 6.43. The maximum Gasteiger partial charge on any atom is 0.573 e. The zero-order valence-corrected chi connectivity index (χ0v) is 14.7. The molecule has 1 fully saturated rings. The first-order chi connectivity index (χ1) is 12.8. The van der Waals surface area contributed by atoms with Crippen molar-refractivity contribution in [2.45, 2.75) is 19.3 Å². The van der Waals surface area contributed by atoms with Gasteiger partial charge < -0.3 is 15.2 Å². The van der Waals surface area contributed by atoms with E-state index in [9.17, 15) is 22.7 Å². The summed E-state index contributed by atoms with van der Waals surface area (Å²) in [6.45, 7) is 4.52. The van der Waals surface area contributed by atoms with Crippen molar-refractivity contribution in [3.05, 3.63) is 58.9 Å². The van der Waals surface area contributed by atoms with Gasteiger partial charge >= 0.3 is 6.36 Å². The molecule has 8 heteroatoms. The van der Waals surface area contributed by atoms with E-state index in [0.29, 0.717) is 29.8 Å². The number of aryl methyl sites for hydroxylation is 1. The maximum absolute atomic E-state index is 14.0. The molecule has 1 aliphatic rings. The average Bonchev–Trinajstić information content (AvgIpc) is 2.62. The Labute approximate surface area is 154 Å². The minimum absolute atomic E-state index is 0.328. The van der Waals surface area contributed by atoms with Crippen molar-refractivity contribution in [2.24, 2.45) is 0 Å². The van der Waals surface area contributed by atoms with Crippen LogP contribution >= 0.6 is 0 Å². The minimum Gasteiger partial charge on any atom is -0.505 e. The Hall–Kier alpha value is -2.32. The van der Waals surface area contributed by atoms with Gasteiger partial charge in [-0.25, -0.2) is 4.39 Å². The molecule has 0 amide bonds. The van der Waals surface area contributed by atoms with E-state index in [2.05, 4.69) is 15.0 Å². The summed E-state index contributed by atoms with van der Waals surface area (Å²) >= 11 is 0. The van der Waals surface area contributed by atoms with E-state index in [4.69, 9.17) is 0 Å². The van der Waals surface area contributed by atoms with E-state index in [-0.39, 0.29) is 5.75 Å². The molecule has 2 aromatic rings. The average molecular weight is 384 g/mol. The van der Waals surface area contributed by atoms with Gasteiger partial charge in [-0.05, 0) is 36.2 Å². The monoisotopic (exact) mass is 384 g/mol. The SMILES string of the molecule is Cc1ccc(F)c(O)c1[C@@H](c1ccc(OC(F)(F)F)cc1)N1CCNCC1. The van der Waals surface area contributed by atoms with E-state index < -0.39 is 24.0 Å². The van der Waals surface area contributed by atoms with Gasteiger partial charge in [0, 0.05) is 31.7 Å². The second-order valence-electron chi connectivity index (χ2n) is 6.43. The number of ether oxygens (including phenoxy) is 1. The number of phenolic OH excluding ortho intramolecular Hbond substituents is 1. The summed E-state index contributed by atoms with van der Waals surface area (Å²) in [5, 5.41) is 13.6. The molecule has 0 aromatic heterocycles. The van der Waals surface area contributed by atoms with E-state index in [1.807, 2.05) is 0 Å². The second kappa shape index (κ2) is 7.74. The lowest BCUT2D eigenvalue weighted by molar-refractivity contribution is -0.274. The van der Waals surface area contributed by atoms with Crippen LogP contribution in [0.2, 0.25) is 0 Å². The lowest BCUT2D eigenvalue weighted by Crippen LogP contribution is -2.45. The van der Waals surface area contributed by atoms with Crippen LogP contribution in [0, 0.1) is 12.7 Å².